The van der Waals surface area contributed by atoms with E-state index in [0.717, 1.165) is 52.0 Å². The molecule has 0 spiro atoms. The number of nitrogens with zero attached hydrogens (tertiary/aromatic N) is 3. The van der Waals surface area contributed by atoms with Crippen molar-refractivity contribution in [2.24, 2.45) is 5.92 Å². The summed E-state index contributed by atoms with van der Waals surface area (Å²) < 4.78 is 5.47. The summed E-state index contributed by atoms with van der Waals surface area (Å²) >= 11 is 0. The summed E-state index contributed by atoms with van der Waals surface area (Å²) in [6.07, 6.45) is 4.04. The zero-order chi connectivity index (χ0) is 18.9. The van der Waals surface area contributed by atoms with E-state index in [9.17, 15) is 9.90 Å². The van der Waals surface area contributed by atoms with Gasteiger partial charge in [-0.05, 0) is 18.8 Å². The third-order valence-corrected chi connectivity index (χ3v) is 4.71. The lowest BCUT2D eigenvalue weighted by Gasteiger charge is -2.34. The molecule has 148 valence electrons. The number of carbonyl (C=O) groups is 1. The van der Waals surface area contributed by atoms with Gasteiger partial charge in [-0.3, -0.25) is 14.6 Å². The Labute approximate surface area is 156 Å². The van der Waals surface area contributed by atoms with Gasteiger partial charge in [-0.25, -0.2) is 4.98 Å². The summed E-state index contributed by atoms with van der Waals surface area (Å²) in [6.45, 7) is 12.1. The van der Waals surface area contributed by atoms with E-state index in [0.29, 0.717) is 30.6 Å². The van der Waals surface area contributed by atoms with E-state index in [2.05, 4.69) is 40.9 Å². The van der Waals surface area contributed by atoms with Crippen LogP contribution >= 0.6 is 0 Å². The molecule has 0 aromatic carbocycles. The van der Waals surface area contributed by atoms with Crippen LogP contribution in [0, 0.1) is 5.92 Å². The molecule has 2 heterocycles. The molecule has 1 atom stereocenters. The number of aliphatic hydroxyl groups is 1. The molecule has 1 unspecified atom stereocenters. The minimum absolute atomic E-state index is 0.171. The van der Waals surface area contributed by atoms with E-state index in [-0.39, 0.29) is 12.0 Å². The number of carbonyl (C=O) groups excluding carboxylic acids is 1. The largest absolute Gasteiger partial charge is 0.447 e. The van der Waals surface area contributed by atoms with E-state index >= 15 is 0 Å². The predicted molar refractivity (Wildman–Crippen MR) is 101 cm³/mol. The number of nitrogens with one attached hydrogen (secondary N) is 1. The van der Waals surface area contributed by atoms with E-state index in [4.69, 9.17) is 4.42 Å². The summed E-state index contributed by atoms with van der Waals surface area (Å²) in [5.74, 6) is 0.971. The fourth-order valence-corrected chi connectivity index (χ4v) is 3.10. The number of aromatic nitrogens is 1. The fraction of sp³-hybridized carbons (Fsp3) is 0.789. The highest BCUT2D eigenvalue weighted by atomic mass is 16.3. The van der Waals surface area contributed by atoms with Crippen LogP contribution in [0.1, 0.15) is 56.4 Å². The van der Waals surface area contributed by atoms with Crippen molar-refractivity contribution in [1.29, 1.82) is 0 Å². The standard InChI is InChI=1S/C19H34N4O3/c1-4-5-16(24)12-22-8-10-23(11-9-22)13-18-21-17(14-26-18)19(25)20-7-6-15(2)3/h14-16,24H,4-13H2,1-3H3,(H,20,25). The number of hydrogen-bond donors (Lipinski definition) is 2. The van der Waals surface area contributed by atoms with Crippen LogP contribution < -0.4 is 5.32 Å². The molecule has 0 radical (unpaired) electrons. The van der Waals surface area contributed by atoms with Gasteiger partial charge in [0.15, 0.2) is 5.69 Å². The molecule has 1 aromatic rings. The first kappa shape index (κ1) is 20.9. The van der Waals surface area contributed by atoms with Crippen molar-refractivity contribution in [2.45, 2.75) is 52.7 Å². The molecule has 7 heteroatoms. The first-order valence-electron chi connectivity index (χ1n) is 9.83. The second-order valence-electron chi connectivity index (χ2n) is 7.58. The first-order valence-corrected chi connectivity index (χ1v) is 9.83. The summed E-state index contributed by atoms with van der Waals surface area (Å²) in [5, 5.41) is 12.8. The molecular formula is C19H34N4O3. The maximum atomic E-state index is 12.1. The fourth-order valence-electron chi connectivity index (χ4n) is 3.10. The van der Waals surface area contributed by atoms with Crippen LogP contribution in [-0.2, 0) is 6.54 Å². The Morgan fingerprint density at radius 3 is 2.62 bits per heavy atom. The number of piperazine rings is 1. The Morgan fingerprint density at radius 2 is 1.96 bits per heavy atom. The molecule has 1 aliphatic rings. The SMILES string of the molecule is CCCC(O)CN1CCN(Cc2nc(C(=O)NCCC(C)C)co2)CC1. The lowest BCUT2D eigenvalue weighted by molar-refractivity contribution is 0.0634. The molecule has 0 saturated carbocycles. The number of rotatable bonds is 10. The Hall–Kier alpha value is -1.44. The Balaban J connectivity index is 1.72. The molecule has 2 rings (SSSR count). The highest BCUT2D eigenvalue weighted by Gasteiger charge is 2.21. The van der Waals surface area contributed by atoms with Gasteiger partial charge in [0.1, 0.15) is 6.26 Å². The van der Waals surface area contributed by atoms with Gasteiger partial charge in [-0.15, -0.1) is 0 Å². The average Bonchev–Trinajstić information content (AvgIpc) is 3.05. The van der Waals surface area contributed by atoms with E-state index < -0.39 is 0 Å². The normalized spacial score (nSPS) is 17.6. The molecular weight excluding hydrogens is 332 g/mol. The van der Waals surface area contributed by atoms with Crippen LogP contribution in [0.2, 0.25) is 0 Å². The lowest BCUT2D eigenvalue weighted by atomic mass is 10.1. The van der Waals surface area contributed by atoms with Crippen LogP contribution in [0.3, 0.4) is 0 Å². The molecule has 2 N–H and O–H groups in total. The average molecular weight is 367 g/mol. The predicted octanol–water partition coefficient (Wildman–Crippen LogP) is 1.73. The summed E-state index contributed by atoms with van der Waals surface area (Å²) in [6, 6.07) is 0. The molecule has 1 amide bonds. The third-order valence-electron chi connectivity index (χ3n) is 4.71. The Kier molecular flexibility index (Phi) is 8.54. The number of aliphatic hydroxyl groups excluding tert-OH is 1. The van der Waals surface area contributed by atoms with Gasteiger partial charge in [0.25, 0.3) is 5.91 Å². The highest BCUT2D eigenvalue weighted by Crippen LogP contribution is 2.10. The molecule has 0 bridgehead atoms. The van der Waals surface area contributed by atoms with Crippen LogP contribution in [-0.4, -0.2) is 71.2 Å². The van der Waals surface area contributed by atoms with Crippen molar-refractivity contribution in [3.8, 4) is 0 Å². The smallest absolute Gasteiger partial charge is 0.273 e. The monoisotopic (exact) mass is 366 g/mol. The summed E-state index contributed by atoms with van der Waals surface area (Å²) in [4.78, 5) is 21.0. The maximum Gasteiger partial charge on any atom is 0.273 e. The number of amides is 1. The maximum absolute atomic E-state index is 12.1. The van der Waals surface area contributed by atoms with Gasteiger partial charge >= 0.3 is 0 Å². The summed E-state index contributed by atoms with van der Waals surface area (Å²) in [7, 11) is 0. The number of β-amino-alcohol motifs (C(OH)–C–C–N with tert-alkyl or cyclic N) is 1. The van der Waals surface area contributed by atoms with E-state index in [1.807, 2.05) is 0 Å². The van der Waals surface area contributed by atoms with Crippen LogP contribution in [0.4, 0.5) is 0 Å². The van der Waals surface area contributed by atoms with E-state index in [1.54, 1.807) is 0 Å². The van der Waals surface area contributed by atoms with Gasteiger partial charge in [-0.2, -0.15) is 0 Å². The molecule has 7 nitrogen and oxygen atoms in total. The third kappa shape index (κ3) is 7.05. The zero-order valence-electron chi connectivity index (χ0n) is 16.4. The van der Waals surface area contributed by atoms with Crippen LogP contribution in [0.5, 0.6) is 0 Å². The number of oxazole rings is 1. The number of hydrogen-bond acceptors (Lipinski definition) is 6. The van der Waals surface area contributed by atoms with Crippen LogP contribution in [0.15, 0.2) is 10.7 Å². The minimum atomic E-state index is -0.227. The van der Waals surface area contributed by atoms with E-state index in [1.165, 1.54) is 6.26 Å². The Bertz CT molecular complexity index is 539. The summed E-state index contributed by atoms with van der Waals surface area (Å²) in [5.41, 5.74) is 0.352. The highest BCUT2D eigenvalue weighted by molar-refractivity contribution is 5.91. The zero-order valence-corrected chi connectivity index (χ0v) is 16.4. The van der Waals surface area contributed by atoms with Gasteiger partial charge < -0.3 is 14.8 Å². The van der Waals surface area contributed by atoms with Gasteiger partial charge in [0.2, 0.25) is 5.89 Å². The van der Waals surface area contributed by atoms with Crippen molar-refractivity contribution in [1.82, 2.24) is 20.1 Å². The Morgan fingerprint density at radius 1 is 1.27 bits per heavy atom. The molecule has 0 aliphatic carbocycles. The molecule has 1 aliphatic heterocycles. The molecule has 1 fully saturated rings. The topological polar surface area (TPSA) is 81.8 Å². The van der Waals surface area contributed by atoms with Crippen molar-refractivity contribution < 1.29 is 14.3 Å². The van der Waals surface area contributed by atoms with Gasteiger partial charge in [0, 0.05) is 39.3 Å². The van der Waals surface area contributed by atoms with Crippen molar-refractivity contribution in [3.05, 3.63) is 17.8 Å². The van der Waals surface area contributed by atoms with Crippen molar-refractivity contribution in [2.75, 3.05) is 39.3 Å². The quantitative estimate of drug-likeness (QED) is 0.656. The van der Waals surface area contributed by atoms with Gasteiger partial charge in [0.05, 0.1) is 12.6 Å². The second kappa shape index (κ2) is 10.6. The van der Waals surface area contributed by atoms with Gasteiger partial charge in [-0.1, -0.05) is 27.2 Å². The molecule has 1 aromatic heterocycles. The lowest BCUT2D eigenvalue weighted by Crippen LogP contribution is -2.48. The second-order valence-corrected chi connectivity index (χ2v) is 7.58. The first-order chi connectivity index (χ1) is 12.5. The minimum Gasteiger partial charge on any atom is -0.447 e. The van der Waals surface area contributed by atoms with Crippen molar-refractivity contribution >= 4 is 5.91 Å². The molecule has 1 saturated heterocycles. The van der Waals surface area contributed by atoms with Crippen molar-refractivity contribution in [3.63, 3.8) is 0 Å². The molecule has 26 heavy (non-hydrogen) atoms. The van der Waals surface area contributed by atoms with Crippen LogP contribution in [0.25, 0.3) is 0 Å².